The molecule has 2 aliphatic rings. The molecule has 0 unspecified atom stereocenters. The van der Waals surface area contributed by atoms with Gasteiger partial charge in [-0.2, -0.15) is 0 Å². The molecule has 0 bridgehead atoms. The van der Waals surface area contributed by atoms with Crippen molar-refractivity contribution in [3.05, 3.63) is 0 Å². The van der Waals surface area contributed by atoms with Crippen LogP contribution in [0.1, 0.15) is 32.1 Å². The number of carbonyl (C=O) groups excluding carboxylic acids is 1. The SMILES string of the molecule is COC(=O)C1(CN(C)CC2CCN(C)CC2)CCC1. The lowest BCUT2D eigenvalue weighted by molar-refractivity contribution is -0.160. The Kier molecular flexibility index (Phi) is 4.85. The molecule has 1 aliphatic carbocycles. The van der Waals surface area contributed by atoms with Gasteiger partial charge in [-0.05, 0) is 58.8 Å². The highest BCUT2D eigenvalue weighted by Crippen LogP contribution is 2.42. The second-order valence-electron chi connectivity index (χ2n) is 6.57. The molecule has 4 heteroatoms. The Morgan fingerprint density at radius 1 is 1.37 bits per heavy atom. The van der Waals surface area contributed by atoms with E-state index in [1.165, 1.54) is 33.0 Å². The monoisotopic (exact) mass is 268 g/mol. The molecule has 2 fully saturated rings. The van der Waals surface area contributed by atoms with E-state index in [0.29, 0.717) is 0 Å². The van der Waals surface area contributed by atoms with E-state index >= 15 is 0 Å². The smallest absolute Gasteiger partial charge is 0.313 e. The first-order chi connectivity index (χ1) is 9.05. The van der Waals surface area contributed by atoms with Crippen LogP contribution in [0, 0.1) is 11.3 Å². The number of esters is 1. The summed E-state index contributed by atoms with van der Waals surface area (Å²) in [6.45, 7) is 4.40. The second-order valence-corrected chi connectivity index (χ2v) is 6.57. The predicted octanol–water partition coefficient (Wildman–Crippen LogP) is 1.60. The molecule has 1 saturated heterocycles. The summed E-state index contributed by atoms with van der Waals surface area (Å²) in [4.78, 5) is 16.7. The van der Waals surface area contributed by atoms with E-state index in [1.54, 1.807) is 0 Å². The summed E-state index contributed by atoms with van der Waals surface area (Å²) in [7, 11) is 5.86. The molecule has 0 N–H and O–H groups in total. The average molecular weight is 268 g/mol. The van der Waals surface area contributed by atoms with Gasteiger partial charge in [-0.15, -0.1) is 0 Å². The van der Waals surface area contributed by atoms with Gasteiger partial charge in [-0.3, -0.25) is 4.79 Å². The van der Waals surface area contributed by atoms with Gasteiger partial charge in [-0.25, -0.2) is 0 Å². The lowest BCUT2D eigenvalue weighted by Crippen LogP contribution is -2.48. The fourth-order valence-corrected chi connectivity index (χ4v) is 3.51. The van der Waals surface area contributed by atoms with Gasteiger partial charge in [-0.1, -0.05) is 6.42 Å². The van der Waals surface area contributed by atoms with Gasteiger partial charge in [0, 0.05) is 13.1 Å². The molecule has 1 heterocycles. The Bertz CT molecular complexity index is 307. The number of methoxy groups -OCH3 is 1. The number of ether oxygens (including phenoxy) is 1. The van der Waals surface area contributed by atoms with Crippen LogP contribution in [-0.2, 0) is 9.53 Å². The number of piperidine rings is 1. The fourth-order valence-electron chi connectivity index (χ4n) is 3.51. The second kappa shape index (κ2) is 6.23. The van der Waals surface area contributed by atoms with Gasteiger partial charge in [0.25, 0.3) is 0 Å². The van der Waals surface area contributed by atoms with E-state index < -0.39 is 0 Å². The number of carbonyl (C=O) groups is 1. The molecular weight excluding hydrogens is 240 g/mol. The van der Waals surface area contributed by atoms with E-state index in [9.17, 15) is 4.79 Å². The van der Waals surface area contributed by atoms with E-state index in [-0.39, 0.29) is 11.4 Å². The molecular formula is C15H28N2O2. The van der Waals surface area contributed by atoms with Crippen LogP contribution in [0.25, 0.3) is 0 Å². The molecule has 2 rings (SSSR count). The number of rotatable bonds is 5. The normalized spacial score (nSPS) is 24.2. The third-order valence-corrected chi connectivity index (χ3v) is 4.91. The molecule has 19 heavy (non-hydrogen) atoms. The zero-order chi connectivity index (χ0) is 13.9. The van der Waals surface area contributed by atoms with Crippen molar-refractivity contribution in [2.75, 3.05) is 47.4 Å². The fraction of sp³-hybridized carbons (Fsp3) is 0.933. The Balaban J connectivity index is 1.80. The Labute approximate surface area is 117 Å². The van der Waals surface area contributed by atoms with Gasteiger partial charge in [0.1, 0.15) is 0 Å². The molecule has 0 amide bonds. The lowest BCUT2D eigenvalue weighted by atomic mass is 9.68. The quantitative estimate of drug-likeness (QED) is 0.709. The highest BCUT2D eigenvalue weighted by atomic mass is 16.5. The third kappa shape index (κ3) is 3.48. The van der Waals surface area contributed by atoms with Gasteiger partial charge in [0.05, 0.1) is 12.5 Å². The van der Waals surface area contributed by atoms with Gasteiger partial charge in [0.2, 0.25) is 0 Å². The van der Waals surface area contributed by atoms with Gasteiger partial charge in [0.15, 0.2) is 0 Å². The van der Waals surface area contributed by atoms with Crippen LogP contribution in [0.5, 0.6) is 0 Å². The van der Waals surface area contributed by atoms with Crippen molar-refractivity contribution in [2.45, 2.75) is 32.1 Å². The molecule has 0 radical (unpaired) electrons. The van der Waals surface area contributed by atoms with Gasteiger partial charge >= 0.3 is 5.97 Å². The summed E-state index contributed by atoms with van der Waals surface area (Å²) < 4.78 is 4.99. The predicted molar refractivity (Wildman–Crippen MR) is 76.0 cm³/mol. The molecule has 0 spiro atoms. The number of hydrogen-bond acceptors (Lipinski definition) is 4. The first kappa shape index (κ1) is 14.8. The Morgan fingerprint density at radius 2 is 2.00 bits per heavy atom. The summed E-state index contributed by atoms with van der Waals surface area (Å²) in [5.41, 5.74) is -0.199. The van der Waals surface area contributed by atoms with Crippen LogP contribution in [0.4, 0.5) is 0 Å². The van der Waals surface area contributed by atoms with Crippen molar-refractivity contribution < 1.29 is 9.53 Å². The van der Waals surface area contributed by atoms with Crippen LogP contribution in [0.15, 0.2) is 0 Å². The zero-order valence-electron chi connectivity index (χ0n) is 12.7. The zero-order valence-corrected chi connectivity index (χ0v) is 12.7. The van der Waals surface area contributed by atoms with E-state index in [0.717, 1.165) is 38.3 Å². The van der Waals surface area contributed by atoms with Crippen LogP contribution in [0.3, 0.4) is 0 Å². The summed E-state index contributed by atoms with van der Waals surface area (Å²) in [6, 6.07) is 0. The Morgan fingerprint density at radius 3 is 2.47 bits per heavy atom. The maximum absolute atomic E-state index is 11.9. The molecule has 110 valence electrons. The van der Waals surface area contributed by atoms with Gasteiger partial charge < -0.3 is 14.5 Å². The third-order valence-electron chi connectivity index (χ3n) is 4.91. The molecule has 1 aliphatic heterocycles. The van der Waals surface area contributed by atoms with Crippen molar-refractivity contribution in [1.29, 1.82) is 0 Å². The van der Waals surface area contributed by atoms with Crippen LogP contribution < -0.4 is 0 Å². The summed E-state index contributed by atoms with van der Waals surface area (Å²) in [5, 5.41) is 0. The highest BCUT2D eigenvalue weighted by molar-refractivity contribution is 5.78. The molecule has 1 saturated carbocycles. The number of likely N-dealkylation sites (tertiary alicyclic amines) is 1. The van der Waals surface area contributed by atoms with Crippen molar-refractivity contribution in [1.82, 2.24) is 9.80 Å². The average Bonchev–Trinajstić information content (AvgIpc) is 2.36. The molecule has 0 aromatic heterocycles. The first-order valence-corrected chi connectivity index (χ1v) is 7.51. The standard InChI is InChI=1S/C15H28N2O2/c1-16-9-5-13(6-10-16)11-17(2)12-15(7-4-8-15)14(18)19-3/h13H,4-12H2,1-3H3. The number of hydrogen-bond donors (Lipinski definition) is 0. The molecule has 4 nitrogen and oxygen atoms in total. The van der Waals surface area contributed by atoms with E-state index in [2.05, 4.69) is 23.9 Å². The van der Waals surface area contributed by atoms with E-state index in [1.807, 2.05) is 0 Å². The minimum absolute atomic E-state index is 0.00558. The van der Waals surface area contributed by atoms with Crippen LogP contribution >= 0.6 is 0 Å². The number of nitrogens with zero attached hydrogens (tertiary/aromatic N) is 2. The minimum Gasteiger partial charge on any atom is -0.469 e. The first-order valence-electron chi connectivity index (χ1n) is 7.51. The minimum atomic E-state index is -0.199. The molecule has 0 atom stereocenters. The van der Waals surface area contributed by atoms with Crippen molar-refractivity contribution >= 4 is 5.97 Å². The maximum atomic E-state index is 11.9. The summed E-state index contributed by atoms with van der Waals surface area (Å²) in [5.74, 6) is 0.782. The topological polar surface area (TPSA) is 32.8 Å². The van der Waals surface area contributed by atoms with Crippen LogP contribution in [-0.4, -0.2) is 63.2 Å². The van der Waals surface area contributed by atoms with E-state index in [4.69, 9.17) is 4.74 Å². The Hall–Kier alpha value is -0.610. The molecule has 0 aromatic carbocycles. The van der Waals surface area contributed by atoms with Crippen molar-refractivity contribution in [3.63, 3.8) is 0 Å². The largest absolute Gasteiger partial charge is 0.469 e. The highest BCUT2D eigenvalue weighted by Gasteiger charge is 2.46. The molecule has 0 aromatic rings. The van der Waals surface area contributed by atoms with Crippen molar-refractivity contribution in [2.24, 2.45) is 11.3 Å². The summed E-state index contributed by atoms with van der Waals surface area (Å²) in [6.07, 6.45) is 5.73. The summed E-state index contributed by atoms with van der Waals surface area (Å²) >= 11 is 0. The lowest BCUT2D eigenvalue weighted by Gasteiger charge is -2.42. The maximum Gasteiger partial charge on any atom is 0.313 e. The van der Waals surface area contributed by atoms with Crippen LogP contribution in [0.2, 0.25) is 0 Å². The van der Waals surface area contributed by atoms with Crippen molar-refractivity contribution in [3.8, 4) is 0 Å².